The lowest BCUT2D eigenvalue weighted by molar-refractivity contribution is 0.280. The SMILES string of the molecule is COc1cccc(CNCc2ccccc2)c1OCc1ccc(Cl)cc1Cl.Cl. The van der Waals surface area contributed by atoms with Gasteiger partial charge in [-0.15, -0.1) is 12.4 Å². The molecule has 0 saturated heterocycles. The maximum Gasteiger partial charge on any atom is 0.166 e. The van der Waals surface area contributed by atoms with Gasteiger partial charge in [-0.05, 0) is 23.8 Å². The zero-order valence-corrected chi connectivity index (χ0v) is 17.8. The topological polar surface area (TPSA) is 30.5 Å². The zero-order valence-electron chi connectivity index (χ0n) is 15.5. The zero-order chi connectivity index (χ0) is 19.1. The lowest BCUT2D eigenvalue weighted by Crippen LogP contribution is -2.14. The van der Waals surface area contributed by atoms with Gasteiger partial charge in [-0.25, -0.2) is 0 Å². The number of hydrogen-bond donors (Lipinski definition) is 1. The average Bonchev–Trinajstić information content (AvgIpc) is 2.68. The molecule has 0 atom stereocenters. The first kappa shape index (κ1) is 22.4. The molecule has 3 rings (SSSR count). The highest BCUT2D eigenvalue weighted by Crippen LogP contribution is 2.32. The van der Waals surface area contributed by atoms with E-state index in [2.05, 4.69) is 17.4 Å². The van der Waals surface area contributed by atoms with Crippen molar-refractivity contribution in [3.05, 3.63) is 93.5 Å². The number of methoxy groups -OCH3 is 1. The number of rotatable bonds is 8. The molecule has 6 heteroatoms. The Morgan fingerprint density at radius 1 is 0.857 bits per heavy atom. The van der Waals surface area contributed by atoms with Crippen molar-refractivity contribution in [1.29, 1.82) is 0 Å². The maximum atomic E-state index is 6.25. The summed E-state index contributed by atoms with van der Waals surface area (Å²) in [7, 11) is 1.64. The van der Waals surface area contributed by atoms with Gasteiger partial charge in [-0.3, -0.25) is 0 Å². The first-order chi connectivity index (χ1) is 13.2. The van der Waals surface area contributed by atoms with Crippen LogP contribution in [0, 0.1) is 0 Å². The molecule has 28 heavy (non-hydrogen) atoms. The molecule has 0 saturated carbocycles. The second-order valence-electron chi connectivity index (χ2n) is 6.06. The van der Waals surface area contributed by atoms with Crippen LogP contribution in [-0.4, -0.2) is 7.11 Å². The molecule has 0 aromatic heterocycles. The standard InChI is InChI=1S/C22H21Cl2NO2.ClH/c1-26-21-9-5-8-17(14-25-13-16-6-3-2-4-7-16)22(21)27-15-18-10-11-19(23)12-20(18)24;/h2-12,25H,13-15H2,1H3;1H. The molecule has 0 unspecified atom stereocenters. The Hall–Kier alpha value is -1.91. The van der Waals surface area contributed by atoms with Gasteiger partial charge < -0.3 is 14.8 Å². The van der Waals surface area contributed by atoms with E-state index in [4.69, 9.17) is 32.7 Å². The van der Waals surface area contributed by atoms with Crippen molar-refractivity contribution >= 4 is 35.6 Å². The summed E-state index contributed by atoms with van der Waals surface area (Å²) in [6.45, 7) is 1.78. The Labute approximate surface area is 182 Å². The van der Waals surface area contributed by atoms with E-state index >= 15 is 0 Å². The molecule has 0 radical (unpaired) electrons. The summed E-state index contributed by atoms with van der Waals surface area (Å²) < 4.78 is 11.6. The molecule has 0 spiro atoms. The number of ether oxygens (including phenoxy) is 2. The van der Waals surface area contributed by atoms with E-state index in [1.54, 1.807) is 19.2 Å². The van der Waals surface area contributed by atoms with Gasteiger partial charge >= 0.3 is 0 Å². The second kappa shape index (κ2) is 11.2. The largest absolute Gasteiger partial charge is 0.493 e. The molecule has 0 amide bonds. The van der Waals surface area contributed by atoms with Gasteiger partial charge in [0.25, 0.3) is 0 Å². The van der Waals surface area contributed by atoms with Crippen LogP contribution in [-0.2, 0) is 19.7 Å². The van der Waals surface area contributed by atoms with E-state index in [0.717, 1.165) is 17.7 Å². The minimum atomic E-state index is 0. The predicted molar refractivity (Wildman–Crippen MR) is 118 cm³/mol. The van der Waals surface area contributed by atoms with Crippen molar-refractivity contribution in [3.63, 3.8) is 0 Å². The van der Waals surface area contributed by atoms with E-state index < -0.39 is 0 Å². The number of hydrogen-bond acceptors (Lipinski definition) is 3. The quantitative estimate of drug-likeness (QED) is 0.448. The molecule has 0 aliphatic rings. The van der Waals surface area contributed by atoms with Crippen molar-refractivity contribution in [3.8, 4) is 11.5 Å². The van der Waals surface area contributed by atoms with E-state index in [1.807, 2.05) is 42.5 Å². The Bertz CT molecular complexity index is 888. The molecule has 3 aromatic carbocycles. The van der Waals surface area contributed by atoms with E-state index in [0.29, 0.717) is 34.7 Å². The Morgan fingerprint density at radius 3 is 2.36 bits per heavy atom. The molecule has 148 valence electrons. The van der Waals surface area contributed by atoms with Crippen molar-refractivity contribution in [1.82, 2.24) is 5.32 Å². The van der Waals surface area contributed by atoms with Crippen LogP contribution in [0.4, 0.5) is 0 Å². The number of benzene rings is 3. The lowest BCUT2D eigenvalue weighted by Gasteiger charge is -2.16. The van der Waals surface area contributed by atoms with Crippen LogP contribution in [0.25, 0.3) is 0 Å². The highest BCUT2D eigenvalue weighted by Gasteiger charge is 2.12. The average molecular weight is 439 g/mol. The van der Waals surface area contributed by atoms with Crippen LogP contribution >= 0.6 is 35.6 Å². The van der Waals surface area contributed by atoms with E-state index in [9.17, 15) is 0 Å². The van der Waals surface area contributed by atoms with Gasteiger partial charge in [-0.1, -0.05) is 71.7 Å². The van der Waals surface area contributed by atoms with Crippen LogP contribution in [0.3, 0.4) is 0 Å². The summed E-state index contributed by atoms with van der Waals surface area (Å²) >= 11 is 12.2. The van der Waals surface area contributed by atoms with Gasteiger partial charge in [0.2, 0.25) is 0 Å². The first-order valence-electron chi connectivity index (χ1n) is 8.64. The van der Waals surface area contributed by atoms with Gasteiger partial charge in [0.1, 0.15) is 6.61 Å². The minimum absolute atomic E-state index is 0. The normalized spacial score (nSPS) is 10.2. The van der Waals surface area contributed by atoms with Crippen molar-refractivity contribution in [2.45, 2.75) is 19.7 Å². The number of para-hydroxylation sites is 1. The Morgan fingerprint density at radius 2 is 1.64 bits per heavy atom. The predicted octanol–water partition coefficient (Wildman–Crippen LogP) is 6.29. The minimum Gasteiger partial charge on any atom is -0.493 e. The highest BCUT2D eigenvalue weighted by atomic mass is 35.5. The molecular formula is C22H22Cl3NO2. The van der Waals surface area contributed by atoms with E-state index in [-0.39, 0.29) is 12.4 Å². The maximum absolute atomic E-state index is 6.25. The van der Waals surface area contributed by atoms with Crippen molar-refractivity contribution in [2.24, 2.45) is 0 Å². The first-order valence-corrected chi connectivity index (χ1v) is 9.40. The van der Waals surface area contributed by atoms with Gasteiger partial charge in [0.15, 0.2) is 11.5 Å². The summed E-state index contributed by atoms with van der Waals surface area (Å²) in [6, 6.07) is 21.5. The van der Waals surface area contributed by atoms with E-state index in [1.165, 1.54) is 5.56 Å². The molecule has 0 aliphatic heterocycles. The molecule has 3 nitrogen and oxygen atoms in total. The third kappa shape index (κ3) is 6.05. The second-order valence-corrected chi connectivity index (χ2v) is 6.91. The summed E-state index contributed by atoms with van der Waals surface area (Å²) in [6.07, 6.45) is 0. The molecule has 0 heterocycles. The molecule has 0 fully saturated rings. The molecular weight excluding hydrogens is 417 g/mol. The van der Waals surface area contributed by atoms with Crippen LogP contribution < -0.4 is 14.8 Å². The molecule has 1 N–H and O–H groups in total. The highest BCUT2D eigenvalue weighted by molar-refractivity contribution is 6.35. The van der Waals surface area contributed by atoms with Crippen LogP contribution in [0.2, 0.25) is 10.0 Å². The summed E-state index contributed by atoms with van der Waals surface area (Å²) in [5.74, 6) is 1.41. The Kier molecular flexibility index (Phi) is 8.94. The number of halogens is 3. The lowest BCUT2D eigenvalue weighted by atomic mass is 10.1. The van der Waals surface area contributed by atoms with Crippen molar-refractivity contribution in [2.75, 3.05) is 7.11 Å². The fraction of sp³-hybridized carbons (Fsp3) is 0.182. The smallest absolute Gasteiger partial charge is 0.166 e. The van der Waals surface area contributed by atoms with Gasteiger partial charge in [0.05, 0.1) is 7.11 Å². The summed E-state index contributed by atoms with van der Waals surface area (Å²) in [5.41, 5.74) is 3.13. The van der Waals surface area contributed by atoms with Crippen molar-refractivity contribution < 1.29 is 9.47 Å². The molecule has 3 aromatic rings. The van der Waals surface area contributed by atoms with Gasteiger partial charge in [0, 0.05) is 34.3 Å². The summed E-state index contributed by atoms with van der Waals surface area (Å²) in [4.78, 5) is 0. The molecule has 0 bridgehead atoms. The summed E-state index contributed by atoms with van der Waals surface area (Å²) in [5, 5.41) is 4.64. The third-order valence-electron chi connectivity index (χ3n) is 4.15. The van der Waals surface area contributed by atoms with Crippen LogP contribution in [0.5, 0.6) is 11.5 Å². The van der Waals surface area contributed by atoms with Crippen LogP contribution in [0.15, 0.2) is 66.7 Å². The monoisotopic (exact) mass is 437 g/mol. The number of nitrogens with one attached hydrogen (secondary N) is 1. The fourth-order valence-electron chi connectivity index (χ4n) is 2.75. The molecule has 0 aliphatic carbocycles. The van der Waals surface area contributed by atoms with Gasteiger partial charge in [-0.2, -0.15) is 0 Å². The Balaban J connectivity index is 0.00000280. The van der Waals surface area contributed by atoms with Crippen LogP contribution in [0.1, 0.15) is 16.7 Å². The fourth-order valence-corrected chi connectivity index (χ4v) is 3.21. The third-order valence-corrected chi connectivity index (χ3v) is 4.74.